The Balaban J connectivity index is 2.44. The van der Waals surface area contributed by atoms with E-state index < -0.39 is 0 Å². The van der Waals surface area contributed by atoms with Crippen LogP contribution < -0.4 is 5.73 Å². The predicted octanol–water partition coefficient (Wildman–Crippen LogP) is 1.28. The molecule has 0 saturated heterocycles. The molecule has 78 valence electrons. The maximum atomic E-state index is 5.58. The molecule has 4 heteroatoms. The van der Waals surface area contributed by atoms with Gasteiger partial charge in [0, 0.05) is 29.2 Å². The molecule has 0 aliphatic rings. The molecule has 0 amide bonds. The van der Waals surface area contributed by atoms with E-state index in [2.05, 4.69) is 15.2 Å². The normalized spacial score (nSPS) is 10.5. The number of aromatic nitrogens is 3. The molecule has 0 spiro atoms. The van der Waals surface area contributed by atoms with Gasteiger partial charge in [0.2, 0.25) is 0 Å². The van der Waals surface area contributed by atoms with Crippen molar-refractivity contribution in [2.45, 2.75) is 13.3 Å². The Kier molecular flexibility index (Phi) is 2.78. The van der Waals surface area contributed by atoms with Crippen LogP contribution in [-0.2, 0) is 6.42 Å². The van der Waals surface area contributed by atoms with Crippen LogP contribution in [0, 0.1) is 6.92 Å². The van der Waals surface area contributed by atoms with Crippen molar-refractivity contribution in [1.29, 1.82) is 0 Å². The number of pyridine rings is 1. The van der Waals surface area contributed by atoms with Crippen molar-refractivity contribution < 1.29 is 0 Å². The summed E-state index contributed by atoms with van der Waals surface area (Å²) in [6, 6.07) is 3.91. The molecule has 0 unspecified atom stereocenters. The highest BCUT2D eigenvalue weighted by molar-refractivity contribution is 5.63. The highest BCUT2D eigenvalue weighted by Crippen LogP contribution is 2.22. The zero-order valence-electron chi connectivity index (χ0n) is 8.70. The first-order chi connectivity index (χ1) is 7.33. The van der Waals surface area contributed by atoms with Crippen LogP contribution in [0.2, 0.25) is 0 Å². The third-order valence-corrected chi connectivity index (χ3v) is 2.42. The fraction of sp³-hybridized carbons (Fsp3) is 0.273. The lowest BCUT2D eigenvalue weighted by Gasteiger charge is -2.01. The van der Waals surface area contributed by atoms with Gasteiger partial charge in [-0.15, -0.1) is 0 Å². The topological polar surface area (TPSA) is 67.6 Å². The van der Waals surface area contributed by atoms with Gasteiger partial charge < -0.3 is 5.73 Å². The van der Waals surface area contributed by atoms with Gasteiger partial charge in [-0.1, -0.05) is 0 Å². The first-order valence-corrected chi connectivity index (χ1v) is 4.97. The summed E-state index contributed by atoms with van der Waals surface area (Å²) >= 11 is 0. The molecule has 0 atom stereocenters. The van der Waals surface area contributed by atoms with E-state index in [1.807, 2.05) is 19.1 Å². The Morgan fingerprint density at radius 3 is 2.73 bits per heavy atom. The van der Waals surface area contributed by atoms with Gasteiger partial charge in [0.1, 0.15) is 0 Å². The molecule has 0 radical (unpaired) electrons. The fourth-order valence-electron chi connectivity index (χ4n) is 1.65. The van der Waals surface area contributed by atoms with Crippen molar-refractivity contribution >= 4 is 0 Å². The molecule has 0 fully saturated rings. The highest BCUT2D eigenvalue weighted by Gasteiger charge is 2.10. The number of rotatable bonds is 3. The second kappa shape index (κ2) is 4.23. The molecule has 3 N–H and O–H groups in total. The Morgan fingerprint density at radius 1 is 1.33 bits per heavy atom. The SMILES string of the molecule is Cc1[nH]nc(-c2ccncc2)c1CCN. The van der Waals surface area contributed by atoms with Crippen molar-refractivity contribution in [2.24, 2.45) is 5.73 Å². The van der Waals surface area contributed by atoms with Crippen LogP contribution >= 0.6 is 0 Å². The number of hydrogen-bond acceptors (Lipinski definition) is 3. The first-order valence-electron chi connectivity index (χ1n) is 4.97. The number of aromatic amines is 1. The highest BCUT2D eigenvalue weighted by atomic mass is 15.1. The lowest BCUT2D eigenvalue weighted by molar-refractivity contribution is 0.957. The van der Waals surface area contributed by atoms with E-state index in [-0.39, 0.29) is 0 Å². The van der Waals surface area contributed by atoms with Gasteiger partial charge in [-0.05, 0) is 32.0 Å². The molecule has 0 saturated carbocycles. The second-order valence-electron chi connectivity index (χ2n) is 3.45. The maximum Gasteiger partial charge on any atom is 0.0956 e. The van der Waals surface area contributed by atoms with Gasteiger partial charge in [-0.3, -0.25) is 10.1 Å². The summed E-state index contributed by atoms with van der Waals surface area (Å²) in [5.41, 5.74) is 9.94. The second-order valence-corrected chi connectivity index (χ2v) is 3.45. The van der Waals surface area contributed by atoms with Crippen molar-refractivity contribution in [3.05, 3.63) is 35.8 Å². The lowest BCUT2D eigenvalue weighted by Crippen LogP contribution is -2.04. The van der Waals surface area contributed by atoms with Crippen LogP contribution in [0.15, 0.2) is 24.5 Å². The summed E-state index contributed by atoms with van der Waals surface area (Å²) in [4.78, 5) is 3.99. The molecule has 15 heavy (non-hydrogen) atoms. The average Bonchev–Trinajstić information content (AvgIpc) is 2.63. The molecule has 0 aliphatic carbocycles. The molecular formula is C11H14N4. The van der Waals surface area contributed by atoms with Crippen LogP contribution in [0.4, 0.5) is 0 Å². The van der Waals surface area contributed by atoms with Crippen LogP contribution in [0.25, 0.3) is 11.3 Å². The van der Waals surface area contributed by atoms with Crippen LogP contribution in [0.3, 0.4) is 0 Å². The van der Waals surface area contributed by atoms with Gasteiger partial charge in [0.05, 0.1) is 5.69 Å². The standard InChI is InChI=1S/C11H14N4/c1-8-10(2-5-12)11(15-14-8)9-3-6-13-7-4-9/h3-4,6-7H,2,5,12H2,1H3,(H,14,15). The van der Waals surface area contributed by atoms with Gasteiger partial charge in [0.15, 0.2) is 0 Å². The van der Waals surface area contributed by atoms with Crippen LogP contribution in [0.1, 0.15) is 11.3 Å². The van der Waals surface area contributed by atoms with Crippen molar-refractivity contribution in [3.63, 3.8) is 0 Å². The van der Waals surface area contributed by atoms with E-state index >= 15 is 0 Å². The van der Waals surface area contributed by atoms with Crippen molar-refractivity contribution in [3.8, 4) is 11.3 Å². The summed E-state index contributed by atoms with van der Waals surface area (Å²) in [5.74, 6) is 0. The van der Waals surface area contributed by atoms with E-state index in [0.29, 0.717) is 6.54 Å². The number of nitrogens with two attached hydrogens (primary N) is 1. The average molecular weight is 202 g/mol. The van der Waals surface area contributed by atoms with E-state index in [4.69, 9.17) is 5.73 Å². The van der Waals surface area contributed by atoms with Crippen LogP contribution in [-0.4, -0.2) is 21.7 Å². The molecule has 4 nitrogen and oxygen atoms in total. The van der Waals surface area contributed by atoms with Gasteiger partial charge in [-0.25, -0.2) is 0 Å². The minimum atomic E-state index is 0.637. The quantitative estimate of drug-likeness (QED) is 0.787. The number of nitrogens with one attached hydrogen (secondary N) is 1. The minimum Gasteiger partial charge on any atom is -0.330 e. The van der Waals surface area contributed by atoms with Crippen LogP contribution in [0.5, 0.6) is 0 Å². The molecule has 2 aromatic rings. The van der Waals surface area contributed by atoms with Gasteiger partial charge in [0.25, 0.3) is 0 Å². The molecule has 0 aromatic carbocycles. The Morgan fingerprint density at radius 2 is 2.07 bits per heavy atom. The third kappa shape index (κ3) is 1.89. The minimum absolute atomic E-state index is 0.637. The smallest absolute Gasteiger partial charge is 0.0956 e. The number of aryl methyl sites for hydroxylation is 1. The predicted molar refractivity (Wildman–Crippen MR) is 59.3 cm³/mol. The Bertz CT molecular complexity index is 433. The molecule has 2 rings (SSSR count). The number of H-pyrrole nitrogens is 1. The Labute approximate surface area is 88.5 Å². The van der Waals surface area contributed by atoms with Crippen molar-refractivity contribution in [1.82, 2.24) is 15.2 Å². The van der Waals surface area contributed by atoms with E-state index in [9.17, 15) is 0 Å². The largest absolute Gasteiger partial charge is 0.330 e. The van der Waals surface area contributed by atoms with E-state index in [1.165, 1.54) is 5.56 Å². The summed E-state index contributed by atoms with van der Waals surface area (Å²) in [7, 11) is 0. The Hall–Kier alpha value is -1.68. The summed E-state index contributed by atoms with van der Waals surface area (Å²) in [6.07, 6.45) is 4.39. The molecule has 0 aliphatic heterocycles. The number of nitrogens with zero attached hydrogens (tertiary/aromatic N) is 2. The number of hydrogen-bond donors (Lipinski definition) is 2. The summed E-state index contributed by atoms with van der Waals surface area (Å²) in [5, 5.41) is 7.29. The summed E-state index contributed by atoms with van der Waals surface area (Å²) in [6.45, 7) is 2.65. The molecule has 2 aromatic heterocycles. The van der Waals surface area contributed by atoms with E-state index in [0.717, 1.165) is 23.4 Å². The maximum absolute atomic E-state index is 5.58. The molecular weight excluding hydrogens is 188 g/mol. The van der Waals surface area contributed by atoms with Gasteiger partial charge in [-0.2, -0.15) is 5.10 Å². The third-order valence-electron chi connectivity index (χ3n) is 2.42. The van der Waals surface area contributed by atoms with Crippen molar-refractivity contribution in [2.75, 3.05) is 6.54 Å². The molecule has 0 bridgehead atoms. The fourth-order valence-corrected chi connectivity index (χ4v) is 1.65. The monoisotopic (exact) mass is 202 g/mol. The molecule has 2 heterocycles. The van der Waals surface area contributed by atoms with Gasteiger partial charge >= 0.3 is 0 Å². The summed E-state index contributed by atoms with van der Waals surface area (Å²) < 4.78 is 0. The first kappa shape index (κ1) is 9.86. The lowest BCUT2D eigenvalue weighted by atomic mass is 10.0. The zero-order chi connectivity index (χ0) is 10.7. The zero-order valence-corrected chi connectivity index (χ0v) is 8.70. The van der Waals surface area contributed by atoms with E-state index in [1.54, 1.807) is 12.4 Å².